The molecule has 10 nitrogen and oxygen atoms in total. The van der Waals surface area contributed by atoms with Crippen LogP contribution in [-0.2, 0) is 11.3 Å². The quantitative estimate of drug-likeness (QED) is 0.484. The van der Waals surface area contributed by atoms with Crippen LogP contribution in [0.2, 0.25) is 0 Å². The minimum Gasteiger partial charge on any atom is -0.493 e. The molecule has 0 fully saturated rings. The molecule has 2 aromatic carbocycles. The number of esters is 1. The predicted octanol–water partition coefficient (Wildman–Crippen LogP) is 1.97. The van der Waals surface area contributed by atoms with E-state index in [9.17, 15) is 9.90 Å². The van der Waals surface area contributed by atoms with Gasteiger partial charge in [0.1, 0.15) is 18.5 Å². The number of carbonyl (C=O) groups is 1. The molecule has 1 atom stereocenters. The first-order valence-corrected chi connectivity index (χ1v) is 9.62. The van der Waals surface area contributed by atoms with E-state index < -0.39 is 12.1 Å². The summed E-state index contributed by atoms with van der Waals surface area (Å²) >= 11 is 0. The SMILES string of the molecule is CCOC(=O)c1ccc(OCC(O)Cn2nnc(-c3ccc(OC)c(OC)c3)n2)cc1. The third-order valence-electron chi connectivity index (χ3n) is 4.28. The molecule has 0 radical (unpaired) electrons. The summed E-state index contributed by atoms with van der Waals surface area (Å²) in [4.78, 5) is 13.0. The summed E-state index contributed by atoms with van der Waals surface area (Å²) in [6.45, 7) is 2.18. The second-order valence-electron chi connectivity index (χ2n) is 6.45. The molecular weight excluding hydrogens is 404 g/mol. The van der Waals surface area contributed by atoms with E-state index in [2.05, 4.69) is 15.4 Å². The molecule has 0 aliphatic rings. The van der Waals surface area contributed by atoms with Gasteiger partial charge in [0, 0.05) is 5.56 Å². The van der Waals surface area contributed by atoms with E-state index >= 15 is 0 Å². The smallest absolute Gasteiger partial charge is 0.338 e. The Labute approximate surface area is 179 Å². The summed E-state index contributed by atoms with van der Waals surface area (Å²) in [7, 11) is 3.11. The Bertz CT molecular complexity index is 1010. The van der Waals surface area contributed by atoms with Gasteiger partial charge in [0.15, 0.2) is 11.5 Å². The van der Waals surface area contributed by atoms with Gasteiger partial charge in [0.2, 0.25) is 5.82 Å². The lowest BCUT2D eigenvalue weighted by atomic mass is 10.2. The van der Waals surface area contributed by atoms with Crippen LogP contribution < -0.4 is 14.2 Å². The lowest BCUT2D eigenvalue weighted by Gasteiger charge is -2.11. The number of aliphatic hydroxyl groups is 1. The van der Waals surface area contributed by atoms with Gasteiger partial charge in [-0.15, -0.1) is 10.2 Å². The van der Waals surface area contributed by atoms with Crippen LogP contribution in [0.15, 0.2) is 42.5 Å². The van der Waals surface area contributed by atoms with Crippen molar-refractivity contribution in [2.45, 2.75) is 19.6 Å². The summed E-state index contributed by atoms with van der Waals surface area (Å²) in [5, 5.41) is 22.5. The standard InChI is InChI=1S/C21H24N4O6/c1-4-30-21(27)14-5-8-17(9-6-14)31-13-16(26)12-25-23-20(22-24-25)15-7-10-18(28-2)19(11-15)29-3/h5-11,16,26H,4,12-13H2,1-3H3. The van der Waals surface area contributed by atoms with Gasteiger partial charge in [-0.05, 0) is 54.6 Å². The lowest BCUT2D eigenvalue weighted by molar-refractivity contribution is 0.0526. The fourth-order valence-corrected chi connectivity index (χ4v) is 2.75. The maximum atomic E-state index is 11.7. The van der Waals surface area contributed by atoms with Gasteiger partial charge in [-0.25, -0.2) is 4.79 Å². The van der Waals surface area contributed by atoms with Crippen LogP contribution in [0.4, 0.5) is 0 Å². The fraction of sp³-hybridized carbons (Fsp3) is 0.333. The van der Waals surface area contributed by atoms with Crippen molar-refractivity contribution in [3.63, 3.8) is 0 Å². The molecule has 3 rings (SSSR count). The summed E-state index contributed by atoms with van der Waals surface area (Å²) in [5.41, 5.74) is 1.14. The minimum atomic E-state index is -0.864. The average molecular weight is 428 g/mol. The van der Waals surface area contributed by atoms with Crippen molar-refractivity contribution in [1.29, 1.82) is 0 Å². The van der Waals surface area contributed by atoms with E-state index in [0.717, 1.165) is 0 Å². The second kappa shape index (κ2) is 10.4. The van der Waals surface area contributed by atoms with E-state index in [4.69, 9.17) is 18.9 Å². The highest BCUT2D eigenvalue weighted by molar-refractivity contribution is 5.89. The zero-order chi connectivity index (χ0) is 22.2. The maximum absolute atomic E-state index is 11.7. The number of nitrogens with zero attached hydrogens (tertiary/aromatic N) is 4. The van der Waals surface area contributed by atoms with Crippen molar-refractivity contribution < 1.29 is 28.8 Å². The number of benzene rings is 2. The molecule has 0 bridgehead atoms. The normalized spacial score (nSPS) is 11.6. The summed E-state index contributed by atoms with van der Waals surface area (Å²) in [5.74, 6) is 1.67. The zero-order valence-corrected chi connectivity index (χ0v) is 17.5. The molecule has 1 aromatic heterocycles. The van der Waals surface area contributed by atoms with Crippen LogP contribution in [0, 0.1) is 0 Å². The second-order valence-corrected chi connectivity index (χ2v) is 6.45. The van der Waals surface area contributed by atoms with Crippen LogP contribution in [0.25, 0.3) is 11.4 Å². The van der Waals surface area contributed by atoms with Gasteiger partial charge in [-0.1, -0.05) is 0 Å². The molecular formula is C21H24N4O6. The third kappa shape index (κ3) is 5.70. The first-order chi connectivity index (χ1) is 15.0. The number of aliphatic hydroxyl groups excluding tert-OH is 1. The number of ether oxygens (including phenoxy) is 4. The number of tetrazole rings is 1. The molecule has 0 saturated carbocycles. The van der Waals surface area contributed by atoms with Crippen molar-refractivity contribution in [2.75, 3.05) is 27.4 Å². The van der Waals surface area contributed by atoms with E-state index in [0.29, 0.717) is 40.8 Å². The molecule has 1 N–H and O–H groups in total. The molecule has 164 valence electrons. The first kappa shape index (κ1) is 22.0. The Morgan fingerprint density at radius 3 is 2.52 bits per heavy atom. The molecule has 1 unspecified atom stereocenters. The van der Waals surface area contributed by atoms with E-state index in [-0.39, 0.29) is 13.2 Å². The Balaban J connectivity index is 1.55. The molecule has 3 aromatic rings. The minimum absolute atomic E-state index is 0.0198. The Kier molecular flexibility index (Phi) is 7.39. The highest BCUT2D eigenvalue weighted by atomic mass is 16.5. The van der Waals surface area contributed by atoms with Crippen LogP contribution in [0.3, 0.4) is 0 Å². The molecule has 0 aliphatic carbocycles. The number of hydrogen-bond donors (Lipinski definition) is 1. The van der Waals surface area contributed by atoms with Gasteiger partial charge >= 0.3 is 5.97 Å². The maximum Gasteiger partial charge on any atom is 0.338 e. The van der Waals surface area contributed by atoms with Crippen molar-refractivity contribution in [1.82, 2.24) is 20.2 Å². The summed E-state index contributed by atoms with van der Waals surface area (Å²) in [6.07, 6.45) is -0.864. The van der Waals surface area contributed by atoms with Crippen molar-refractivity contribution in [3.05, 3.63) is 48.0 Å². The zero-order valence-electron chi connectivity index (χ0n) is 17.5. The van der Waals surface area contributed by atoms with E-state index in [1.54, 1.807) is 63.6 Å². The number of aromatic nitrogens is 4. The van der Waals surface area contributed by atoms with Gasteiger partial charge in [0.25, 0.3) is 0 Å². The summed E-state index contributed by atoms with van der Waals surface area (Å²) in [6, 6.07) is 11.8. The summed E-state index contributed by atoms with van der Waals surface area (Å²) < 4.78 is 21.0. The van der Waals surface area contributed by atoms with Crippen molar-refractivity contribution in [3.8, 4) is 28.6 Å². The molecule has 0 saturated heterocycles. The molecule has 0 aliphatic heterocycles. The highest BCUT2D eigenvalue weighted by Crippen LogP contribution is 2.30. The highest BCUT2D eigenvalue weighted by Gasteiger charge is 2.14. The van der Waals surface area contributed by atoms with Gasteiger partial charge in [-0.2, -0.15) is 4.80 Å². The Morgan fingerprint density at radius 1 is 1.10 bits per heavy atom. The first-order valence-electron chi connectivity index (χ1n) is 9.62. The molecule has 10 heteroatoms. The van der Waals surface area contributed by atoms with Gasteiger partial charge in [-0.3, -0.25) is 0 Å². The molecule has 1 heterocycles. The number of rotatable bonds is 10. The van der Waals surface area contributed by atoms with E-state index in [1.165, 1.54) is 4.80 Å². The predicted molar refractivity (Wildman–Crippen MR) is 110 cm³/mol. The van der Waals surface area contributed by atoms with Crippen molar-refractivity contribution >= 4 is 5.97 Å². The largest absolute Gasteiger partial charge is 0.493 e. The van der Waals surface area contributed by atoms with Gasteiger partial charge in [0.05, 0.1) is 32.9 Å². The molecule has 0 spiro atoms. The van der Waals surface area contributed by atoms with Gasteiger partial charge < -0.3 is 24.1 Å². The third-order valence-corrected chi connectivity index (χ3v) is 4.28. The molecule has 31 heavy (non-hydrogen) atoms. The lowest BCUT2D eigenvalue weighted by Crippen LogP contribution is -2.25. The number of carbonyl (C=O) groups excluding carboxylic acids is 1. The Morgan fingerprint density at radius 2 is 1.84 bits per heavy atom. The number of hydrogen-bond acceptors (Lipinski definition) is 9. The van der Waals surface area contributed by atoms with Crippen LogP contribution >= 0.6 is 0 Å². The average Bonchev–Trinajstić information content (AvgIpc) is 3.26. The molecule has 0 amide bonds. The van der Waals surface area contributed by atoms with Crippen LogP contribution in [0.1, 0.15) is 17.3 Å². The topological polar surface area (TPSA) is 118 Å². The fourth-order valence-electron chi connectivity index (χ4n) is 2.75. The van der Waals surface area contributed by atoms with Crippen LogP contribution in [0.5, 0.6) is 17.2 Å². The Hall–Kier alpha value is -3.66. The van der Waals surface area contributed by atoms with Crippen molar-refractivity contribution in [2.24, 2.45) is 0 Å². The van der Waals surface area contributed by atoms with Crippen LogP contribution in [-0.4, -0.2) is 64.8 Å². The van der Waals surface area contributed by atoms with E-state index in [1.807, 2.05) is 0 Å². The number of methoxy groups -OCH3 is 2. The monoisotopic (exact) mass is 428 g/mol.